The summed E-state index contributed by atoms with van der Waals surface area (Å²) in [5, 5.41) is 8.56. The van der Waals surface area contributed by atoms with Gasteiger partial charge in [-0.2, -0.15) is 17.9 Å². The van der Waals surface area contributed by atoms with E-state index >= 15 is 0 Å². The largest absolute Gasteiger partial charge is 0.299 e. The Kier molecular flexibility index (Phi) is 6.22. The van der Waals surface area contributed by atoms with E-state index in [0.717, 1.165) is 18.8 Å². The van der Waals surface area contributed by atoms with Crippen LogP contribution >= 0.6 is 12.6 Å². The monoisotopic (exact) mass is 214 g/mol. The third kappa shape index (κ3) is 5.51. The zero-order valence-corrected chi connectivity index (χ0v) is 10.6. The lowest BCUT2D eigenvalue weighted by atomic mass is 9.95. The summed E-state index contributed by atoms with van der Waals surface area (Å²) in [6.45, 7) is 10.6. The predicted molar refractivity (Wildman–Crippen MR) is 64.6 cm³/mol. The lowest BCUT2D eigenvalue weighted by Crippen LogP contribution is -2.40. The molecule has 0 heterocycles. The van der Waals surface area contributed by atoms with E-state index in [9.17, 15) is 0 Å². The van der Waals surface area contributed by atoms with Crippen molar-refractivity contribution in [3.8, 4) is 6.07 Å². The van der Waals surface area contributed by atoms with Crippen LogP contribution < -0.4 is 0 Å². The van der Waals surface area contributed by atoms with E-state index in [2.05, 4.69) is 51.3 Å². The fraction of sp³-hybridized carbons (Fsp3) is 0.909. The molecule has 0 aromatic heterocycles. The van der Waals surface area contributed by atoms with E-state index in [-0.39, 0.29) is 5.41 Å². The van der Waals surface area contributed by atoms with Gasteiger partial charge in [-0.3, -0.25) is 4.90 Å². The summed E-state index contributed by atoms with van der Waals surface area (Å²) in [6.07, 6.45) is 0.612. The van der Waals surface area contributed by atoms with Crippen molar-refractivity contribution in [2.45, 2.75) is 40.2 Å². The van der Waals surface area contributed by atoms with Crippen molar-refractivity contribution < 1.29 is 0 Å². The summed E-state index contributed by atoms with van der Waals surface area (Å²) >= 11 is 4.34. The molecule has 0 rings (SSSR count). The van der Waals surface area contributed by atoms with Gasteiger partial charge in [-0.25, -0.2) is 0 Å². The Bertz CT molecular complexity index is 194. The van der Waals surface area contributed by atoms with Crippen molar-refractivity contribution in [3.63, 3.8) is 0 Å². The minimum atomic E-state index is 0.225. The van der Waals surface area contributed by atoms with Crippen LogP contribution in [0.25, 0.3) is 0 Å². The van der Waals surface area contributed by atoms with Crippen LogP contribution in [-0.2, 0) is 0 Å². The summed E-state index contributed by atoms with van der Waals surface area (Å²) in [7, 11) is 0. The van der Waals surface area contributed by atoms with E-state index in [1.165, 1.54) is 0 Å². The van der Waals surface area contributed by atoms with Crippen LogP contribution in [0.2, 0.25) is 0 Å². The standard InChI is InChI=1S/C11H22N2S/c1-10(2)13(7-5-6-12)8-11(3,4)9-14/h10,14H,5,7-9H2,1-4H3. The Labute approximate surface area is 93.7 Å². The van der Waals surface area contributed by atoms with Gasteiger partial charge >= 0.3 is 0 Å². The minimum absolute atomic E-state index is 0.225. The lowest BCUT2D eigenvalue weighted by molar-refractivity contribution is 0.161. The SMILES string of the molecule is CC(C)N(CCC#N)CC(C)(C)CS. The molecule has 0 fully saturated rings. The van der Waals surface area contributed by atoms with Crippen molar-refractivity contribution in [2.75, 3.05) is 18.8 Å². The molecule has 0 saturated heterocycles. The van der Waals surface area contributed by atoms with Gasteiger partial charge in [-0.1, -0.05) is 13.8 Å². The van der Waals surface area contributed by atoms with Crippen LogP contribution in [-0.4, -0.2) is 29.8 Å². The number of thiol groups is 1. The summed E-state index contributed by atoms with van der Waals surface area (Å²) in [5.74, 6) is 0.878. The zero-order chi connectivity index (χ0) is 11.2. The maximum atomic E-state index is 8.56. The summed E-state index contributed by atoms with van der Waals surface area (Å²) < 4.78 is 0. The molecule has 0 aromatic rings. The zero-order valence-electron chi connectivity index (χ0n) is 9.75. The van der Waals surface area contributed by atoms with Gasteiger partial charge in [0.25, 0.3) is 0 Å². The highest BCUT2D eigenvalue weighted by Crippen LogP contribution is 2.19. The molecular formula is C11H22N2S. The molecule has 0 aliphatic rings. The first-order chi connectivity index (χ1) is 6.43. The average molecular weight is 214 g/mol. The minimum Gasteiger partial charge on any atom is -0.299 e. The van der Waals surface area contributed by atoms with E-state index in [1.54, 1.807) is 0 Å². The molecule has 3 heteroatoms. The Hall–Kier alpha value is -0.200. The molecule has 0 saturated carbocycles. The third-order valence-electron chi connectivity index (χ3n) is 2.30. The van der Waals surface area contributed by atoms with Crippen LogP contribution in [0.15, 0.2) is 0 Å². The van der Waals surface area contributed by atoms with E-state index < -0.39 is 0 Å². The molecule has 0 spiro atoms. The maximum absolute atomic E-state index is 8.56. The van der Waals surface area contributed by atoms with Gasteiger partial charge in [0.2, 0.25) is 0 Å². The van der Waals surface area contributed by atoms with Gasteiger partial charge in [0.05, 0.1) is 6.07 Å². The third-order valence-corrected chi connectivity index (χ3v) is 3.16. The van der Waals surface area contributed by atoms with E-state index in [1.807, 2.05) is 0 Å². The molecule has 14 heavy (non-hydrogen) atoms. The fourth-order valence-corrected chi connectivity index (χ4v) is 1.41. The summed E-state index contributed by atoms with van der Waals surface area (Å²) in [4.78, 5) is 2.35. The summed E-state index contributed by atoms with van der Waals surface area (Å²) in [5.41, 5.74) is 0.225. The van der Waals surface area contributed by atoms with Crippen LogP contribution in [0.1, 0.15) is 34.1 Å². The first-order valence-electron chi connectivity index (χ1n) is 5.15. The molecule has 0 N–H and O–H groups in total. The molecule has 0 radical (unpaired) electrons. The first kappa shape index (κ1) is 13.8. The number of hydrogen-bond acceptors (Lipinski definition) is 3. The Balaban J connectivity index is 4.17. The quantitative estimate of drug-likeness (QED) is 0.688. The van der Waals surface area contributed by atoms with Crippen molar-refractivity contribution in [2.24, 2.45) is 5.41 Å². The second kappa shape index (κ2) is 6.31. The van der Waals surface area contributed by atoms with Crippen LogP contribution in [0.4, 0.5) is 0 Å². The number of hydrogen-bond donors (Lipinski definition) is 1. The molecular weight excluding hydrogens is 192 g/mol. The van der Waals surface area contributed by atoms with Crippen molar-refractivity contribution in [1.29, 1.82) is 5.26 Å². The van der Waals surface area contributed by atoms with Gasteiger partial charge in [-0.15, -0.1) is 0 Å². The van der Waals surface area contributed by atoms with Crippen molar-refractivity contribution in [1.82, 2.24) is 4.90 Å². The van der Waals surface area contributed by atoms with Gasteiger partial charge in [0.15, 0.2) is 0 Å². The molecule has 2 nitrogen and oxygen atoms in total. The molecule has 0 aliphatic carbocycles. The maximum Gasteiger partial charge on any atom is 0.0635 e. The van der Waals surface area contributed by atoms with E-state index in [4.69, 9.17) is 5.26 Å². The molecule has 82 valence electrons. The molecule has 0 aliphatic heterocycles. The van der Waals surface area contributed by atoms with Gasteiger partial charge < -0.3 is 0 Å². The van der Waals surface area contributed by atoms with Gasteiger partial charge in [-0.05, 0) is 25.0 Å². The van der Waals surface area contributed by atoms with Crippen LogP contribution in [0.3, 0.4) is 0 Å². The van der Waals surface area contributed by atoms with Crippen LogP contribution in [0.5, 0.6) is 0 Å². The van der Waals surface area contributed by atoms with Crippen molar-refractivity contribution in [3.05, 3.63) is 0 Å². The highest BCUT2D eigenvalue weighted by molar-refractivity contribution is 7.80. The lowest BCUT2D eigenvalue weighted by Gasteiger charge is -2.33. The first-order valence-corrected chi connectivity index (χ1v) is 5.78. The highest BCUT2D eigenvalue weighted by Gasteiger charge is 2.21. The second-order valence-corrected chi connectivity index (χ2v) is 5.11. The normalized spacial score (nSPS) is 12.1. The van der Waals surface area contributed by atoms with Gasteiger partial charge in [0.1, 0.15) is 0 Å². The Morgan fingerprint density at radius 2 is 2.00 bits per heavy atom. The Morgan fingerprint density at radius 1 is 1.43 bits per heavy atom. The second-order valence-electron chi connectivity index (χ2n) is 4.79. The predicted octanol–water partition coefficient (Wildman–Crippen LogP) is 2.57. The topological polar surface area (TPSA) is 27.0 Å². The molecule has 0 aromatic carbocycles. The van der Waals surface area contributed by atoms with Gasteiger partial charge in [0, 0.05) is 25.6 Å². The highest BCUT2D eigenvalue weighted by atomic mass is 32.1. The van der Waals surface area contributed by atoms with Crippen LogP contribution in [0, 0.1) is 16.7 Å². The van der Waals surface area contributed by atoms with Crippen molar-refractivity contribution >= 4 is 12.6 Å². The molecule has 0 unspecified atom stereocenters. The fourth-order valence-electron chi connectivity index (χ4n) is 1.31. The Morgan fingerprint density at radius 3 is 2.36 bits per heavy atom. The smallest absolute Gasteiger partial charge is 0.0635 e. The van der Waals surface area contributed by atoms with E-state index in [0.29, 0.717) is 12.5 Å². The molecule has 0 amide bonds. The average Bonchev–Trinajstić information content (AvgIpc) is 2.12. The number of nitriles is 1. The summed E-state index contributed by atoms with van der Waals surface area (Å²) in [6, 6.07) is 2.70. The number of rotatable bonds is 6. The molecule has 0 bridgehead atoms. The number of nitrogens with zero attached hydrogens (tertiary/aromatic N) is 2. The molecule has 0 atom stereocenters.